The van der Waals surface area contributed by atoms with Crippen molar-refractivity contribution in [3.63, 3.8) is 0 Å². The van der Waals surface area contributed by atoms with Crippen molar-refractivity contribution in [3.05, 3.63) is 72.1 Å². The summed E-state index contributed by atoms with van der Waals surface area (Å²) < 4.78 is 11.1. The number of nitrogens with zero attached hydrogens (tertiary/aromatic N) is 2. The third-order valence-electron chi connectivity index (χ3n) is 8.75. The van der Waals surface area contributed by atoms with Gasteiger partial charge in [0, 0.05) is 43.1 Å². The van der Waals surface area contributed by atoms with E-state index >= 15 is 0 Å². The fraction of sp³-hybridized carbons (Fsp3) is 0.467. The number of piperidine rings is 1. The Morgan fingerprint density at radius 3 is 2.51 bits per heavy atom. The summed E-state index contributed by atoms with van der Waals surface area (Å²) in [5, 5.41) is 2.52. The first-order valence-electron chi connectivity index (χ1n) is 13.0. The van der Waals surface area contributed by atoms with E-state index in [1.54, 1.807) is 7.11 Å². The van der Waals surface area contributed by atoms with Crippen LogP contribution in [-0.4, -0.2) is 48.2 Å². The number of aromatic nitrogens is 1. The van der Waals surface area contributed by atoms with Gasteiger partial charge in [0.25, 0.3) is 0 Å². The molecule has 2 unspecified atom stereocenters. The van der Waals surface area contributed by atoms with Crippen LogP contribution in [0.3, 0.4) is 0 Å². The summed E-state index contributed by atoms with van der Waals surface area (Å²) in [5.74, 6) is 1.76. The highest BCUT2D eigenvalue weighted by molar-refractivity contribution is 5.89. The van der Waals surface area contributed by atoms with Gasteiger partial charge >= 0.3 is 0 Å². The zero-order valence-corrected chi connectivity index (χ0v) is 20.5. The average molecular weight is 471 g/mol. The standard InChI is InChI=1S/C30H34N2O3/c1-34-27-9-5-24(6-10-27)30(12-15-35-16-13-30)29(33)32-25-7-8-26(32)19-21(18-25)17-23-4-2-3-22-11-14-31-20-28(22)23/h2-6,9-11,14,20-21,25-26H,7-8,12-13,15-19H2,1H3. The van der Waals surface area contributed by atoms with Gasteiger partial charge in [-0.3, -0.25) is 9.78 Å². The molecule has 182 valence electrons. The van der Waals surface area contributed by atoms with E-state index in [-0.39, 0.29) is 0 Å². The molecule has 0 saturated carbocycles. The molecular formula is C30H34N2O3. The number of ether oxygens (including phenoxy) is 2. The Bertz CT molecular complexity index is 1180. The van der Waals surface area contributed by atoms with E-state index in [0.29, 0.717) is 37.1 Å². The van der Waals surface area contributed by atoms with Crippen LogP contribution in [0.1, 0.15) is 49.7 Å². The molecule has 5 nitrogen and oxygen atoms in total. The lowest BCUT2D eigenvalue weighted by Gasteiger charge is -2.46. The van der Waals surface area contributed by atoms with E-state index in [1.807, 2.05) is 24.5 Å². The van der Waals surface area contributed by atoms with Gasteiger partial charge in [-0.25, -0.2) is 0 Å². The number of carbonyl (C=O) groups is 1. The minimum Gasteiger partial charge on any atom is -0.497 e. The van der Waals surface area contributed by atoms with Crippen LogP contribution in [0, 0.1) is 5.92 Å². The van der Waals surface area contributed by atoms with Crippen LogP contribution in [0.25, 0.3) is 10.8 Å². The van der Waals surface area contributed by atoms with Crippen LogP contribution in [0.15, 0.2) is 60.9 Å². The smallest absolute Gasteiger partial charge is 0.233 e. The fourth-order valence-electron chi connectivity index (χ4n) is 6.96. The third-order valence-corrected chi connectivity index (χ3v) is 8.75. The van der Waals surface area contributed by atoms with E-state index in [9.17, 15) is 4.79 Å². The molecule has 35 heavy (non-hydrogen) atoms. The molecule has 3 aliphatic heterocycles. The number of fused-ring (bicyclic) bond motifs is 3. The molecule has 3 aliphatic rings. The molecule has 0 spiro atoms. The highest BCUT2D eigenvalue weighted by atomic mass is 16.5. The van der Waals surface area contributed by atoms with Crippen molar-refractivity contribution < 1.29 is 14.3 Å². The van der Waals surface area contributed by atoms with Gasteiger partial charge in [0.2, 0.25) is 5.91 Å². The lowest BCUT2D eigenvalue weighted by molar-refractivity contribution is -0.146. The predicted molar refractivity (Wildman–Crippen MR) is 137 cm³/mol. The van der Waals surface area contributed by atoms with Crippen molar-refractivity contribution >= 4 is 16.7 Å². The molecule has 0 radical (unpaired) electrons. The molecule has 1 aromatic heterocycles. The van der Waals surface area contributed by atoms with Crippen molar-refractivity contribution in [3.8, 4) is 5.75 Å². The van der Waals surface area contributed by atoms with Crippen LogP contribution in [-0.2, 0) is 21.4 Å². The van der Waals surface area contributed by atoms with Gasteiger partial charge in [0.1, 0.15) is 5.75 Å². The number of hydrogen-bond acceptors (Lipinski definition) is 4. The van der Waals surface area contributed by atoms with Crippen LogP contribution in [0.4, 0.5) is 0 Å². The Morgan fingerprint density at radius 1 is 1.06 bits per heavy atom. The summed E-state index contributed by atoms with van der Waals surface area (Å²) in [4.78, 5) is 21.0. The molecule has 2 aromatic carbocycles. The van der Waals surface area contributed by atoms with Crippen LogP contribution in [0.5, 0.6) is 5.75 Å². The van der Waals surface area contributed by atoms with Crippen LogP contribution in [0.2, 0.25) is 0 Å². The zero-order valence-electron chi connectivity index (χ0n) is 20.5. The van der Waals surface area contributed by atoms with Gasteiger partial charge in [-0.15, -0.1) is 0 Å². The van der Waals surface area contributed by atoms with Gasteiger partial charge in [0.05, 0.1) is 12.5 Å². The van der Waals surface area contributed by atoms with Crippen LogP contribution >= 0.6 is 0 Å². The van der Waals surface area contributed by atoms with E-state index < -0.39 is 5.41 Å². The molecular weight excluding hydrogens is 436 g/mol. The SMILES string of the molecule is COc1ccc(C2(C(=O)N3C4CCC3CC(Cc3cccc5ccncc35)C4)CCOCC2)cc1. The lowest BCUT2D eigenvalue weighted by Crippen LogP contribution is -2.56. The Labute approximate surface area is 207 Å². The molecule has 6 rings (SSSR count). The molecule has 2 bridgehead atoms. The first-order chi connectivity index (χ1) is 17.2. The zero-order chi connectivity index (χ0) is 23.8. The minimum atomic E-state index is -0.487. The number of hydrogen-bond donors (Lipinski definition) is 0. The number of amides is 1. The minimum absolute atomic E-state index is 0.325. The molecule has 3 saturated heterocycles. The molecule has 2 atom stereocenters. The number of carbonyl (C=O) groups excluding carboxylic acids is 1. The maximum Gasteiger partial charge on any atom is 0.233 e. The Balaban J connectivity index is 1.24. The highest BCUT2D eigenvalue weighted by Crippen LogP contribution is 2.45. The van der Waals surface area contributed by atoms with E-state index in [4.69, 9.17) is 9.47 Å². The lowest BCUT2D eigenvalue weighted by atomic mass is 9.72. The quantitative estimate of drug-likeness (QED) is 0.508. The summed E-state index contributed by atoms with van der Waals surface area (Å²) in [6, 6.07) is 17.5. The predicted octanol–water partition coefficient (Wildman–Crippen LogP) is 5.30. The maximum absolute atomic E-state index is 14.4. The largest absolute Gasteiger partial charge is 0.497 e. The maximum atomic E-state index is 14.4. The Morgan fingerprint density at radius 2 is 1.80 bits per heavy atom. The summed E-state index contributed by atoms with van der Waals surface area (Å²) in [6.07, 6.45) is 10.9. The third kappa shape index (κ3) is 4.00. The molecule has 3 aromatic rings. The van der Waals surface area contributed by atoms with Crippen molar-refractivity contribution in [2.75, 3.05) is 20.3 Å². The van der Waals surface area contributed by atoms with E-state index in [2.05, 4.69) is 46.3 Å². The normalized spacial score (nSPS) is 25.5. The molecule has 0 aliphatic carbocycles. The van der Waals surface area contributed by atoms with Crippen molar-refractivity contribution in [1.29, 1.82) is 0 Å². The summed E-state index contributed by atoms with van der Waals surface area (Å²) in [6.45, 7) is 1.28. The first kappa shape index (κ1) is 22.5. The summed E-state index contributed by atoms with van der Waals surface area (Å²) in [5.41, 5.74) is 2.01. The molecule has 1 amide bonds. The van der Waals surface area contributed by atoms with Crippen molar-refractivity contribution in [2.45, 2.75) is 62.4 Å². The summed E-state index contributed by atoms with van der Waals surface area (Å²) in [7, 11) is 1.68. The van der Waals surface area contributed by atoms with Crippen molar-refractivity contribution in [1.82, 2.24) is 9.88 Å². The Kier molecular flexibility index (Phi) is 5.97. The molecule has 5 heteroatoms. The van der Waals surface area contributed by atoms with Gasteiger partial charge in [0.15, 0.2) is 0 Å². The van der Waals surface area contributed by atoms with E-state index in [0.717, 1.165) is 56.3 Å². The molecule has 3 fully saturated rings. The molecule has 0 N–H and O–H groups in total. The fourth-order valence-corrected chi connectivity index (χ4v) is 6.96. The van der Waals surface area contributed by atoms with Crippen molar-refractivity contribution in [2.24, 2.45) is 5.92 Å². The van der Waals surface area contributed by atoms with E-state index in [1.165, 1.54) is 16.3 Å². The highest BCUT2D eigenvalue weighted by Gasteiger charge is 2.51. The van der Waals surface area contributed by atoms with Gasteiger partial charge in [-0.2, -0.15) is 0 Å². The first-order valence-corrected chi connectivity index (χ1v) is 13.0. The number of benzene rings is 2. The Hall–Kier alpha value is -2.92. The molecule has 4 heterocycles. The van der Waals surface area contributed by atoms with Gasteiger partial charge in [-0.05, 0) is 85.6 Å². The number of methoxy groups -OCH3 is 1. The topological polar surface area (TPSA) is 51.7 Å². The average Bonchev–Trinajstić information content (AvgIpc) is 3.18. The van der Waals surface area contributed by atoms with Gasteiger partial charge in [-0.1, -0.05) is 30.3 Å². The summed E-state index contributed by atoms with van der Waals surface area (Å²) >= 11 is 0. The second-order valence-electron chi connectivity index (χ2n) is 10.6. The second-order valence-corrected chi connectivity index (χ2v) is 10.6. The van der Waals surface area contributed by atoms with Gasteiger partial charge < -0.3 is 14.4 Å². The number of rotatable bonds is 5. The second kappa shape index (κ2) is 9.27. The van der Waals surface area contributed by atoms with Crippen LogP contribution < -0.4 is 4.74 Å². The number of pyridine rings is 1. The monoisotopic (exact) mass is 470 g/mol.